The Labute approximate surface area is 78.7 Å². The molecule has 1 aromatic rings. The van der Waals surface area contributed by atoms with E-state index in [1.807, 2.05) is 25.1 Å². The van der Waals surface area contributed by atoms with Crippen LogP contribution < -0.4 is 16.2 Å². The van der Waals surface area contributed by atoms with E-state index in [4.69, 9.17) is 16.2 Å². The average Bonchev–Trinajstić information content (AvgIpc) is 2.16. The highest BCUT2D eigenvalue weighted by Crippen LogP contribution is 2.21. The van der Waals surface area contributed by atoms with Crippen molar-refractivity contribution in [3.8, 4) is 5.75 Å². The molecule has 0 aliphatic rings. The number of ether oxygens (including phenoxy) is 1. The Balaban J connectivity index is 3.05. The lowest BCUT2D eigenvalue weighted by Crippen LogP contribution is -2.07. The van der Waals surface area contributed by atoms with Gasteiger partial charge in [-0.1, -0.05) is 6.07 Å². The van der Waals surface area contributed by atoms with Gasteiger partial charge in [0.1, 0.15) is 5.75 Å². The molecule has 4 N–H and O–H groups in total. The topological polar surface area (TPSA) is 61.3 Å². The van der Waals surface area contributed by atoms with Gasteiger partial charge >= 0.3 is 0 Å². The van der Waals surface area contributed by atoms with Crippen LogP contribution in [0.3, 0.4) is 0 Å². The second-order valence-corrected chi connectivity index (χ2v) is 3.06. The fourth-order valence-corrected chi connectivity index (χ4v) is 1.24. The Kier molecular flexibility index (Phi) is 3.28. The third-order valence-corrected chi connectivity index (χ3v) is 2.05. The standard InChI is InChI=1S/C10H16N2O/c1-7(12)8-3-4-10(13-2)9(5-8)6-11/h3-5,7H,6,11-12H2,1-2H3. The van der Waals surface area contributed by atoms with Crippen molar-refractivity contribution in [1.82, 2.24) is 0 Å². The molecule has 0 saturated heterocycles. The summed E-state index contributed by atoms with van der Waals surface area (Å²) in [7, 11) is 1.64. The van der Waals surface area contributed by atoms with Crippen molar-refractivity contribution in [2.24, 2.45) is 11.5 Å². The average molecular weight is 180 g/mol. The lowest BCUT2D eigenvalue weighted by Gasteiger charge is -2.11. The molecular weight excluding hydrogens is 164 g/mol. The number of hydrogen-bond acceptors (Lipinski definition) is 3. The zero-order valence-corrected chi connectivity index (χ0v) is 8.08. The maximum atomic E-state index is 5.75. The summed E-state index contributed by atoms with van der Waals surface area (Å²) < 4.78 is 5.15. The highest BCUT2D eigenvalue weighted by molar-refractivity contribution is 5.38. The monoisotopic (exact) mass is 180 g/mol. The van der Waals surface area contributed by atoms with Gasteiger partial charge in [0, 0.05) is 18.2 Å². The van der Waals surface area contributed by atoms with E-state index in [2.05, 4.69) is 0 Å². The molecule has 13 heavy (non-hydrogen) atoms. The Morgan fingerprint density at radius 2 is 2.15 bits per heavy atom. The molecule has 0 heterocycles. The minimum absolute atomic E-state index is 0.0382. The molecular formula is C10H16N2O. The van der Waals surface area contributed by atoms with Crippen molar-refractivity contribution >= 4 is 0 Å². The van der Waals surface area contributed by atoms with E-state index in [1.165, 1.54) is 0 Å². The van der Waals surface area contributed by atoms with Gasteiger partial charge in [-0.05, 0) is 24.6 Å². The SMILES string of the molecule is COc1ccc(C(C)N)cc1CN. The van der Waals surface area contributed by atoms with Gasteiger partial charge in [-0.3, -0.25) is 0 Å². The fraction of sp³-hybridized carbons (Fsp3) is 0.400. The van der Waals surface area contributed by atoms with E-state index in [0.29, 0.717) is 6.54 Å². The van der Waals surface area contributed by atoms with Crippen LogP contribution in [-0.2, 0) is 6.54 Å². The van der Waals surface area contributed by atoms with Crippen molar-refractivity contribution in [3.63, 3.8) is 0 Å². The molecule has 0 aromatic heterocycles. The van der Waals surface area contributed by atoms with Crippen LogP contribution in [-0.4, -0.2) is 7.11 Å². The molecule has 1 atom stereocenters. The predicted molar refractivity (Wildman–Crippen MR) is 53.5 cm³/mol. The first-order chi connectivity index (χ1) is 6.19. The molecule has 0 saturated carbocycles. The van der Waals surface area contributed by atoms with Gasteiger partial charge in [-0.15, -0.1) is 0 Å². The van der Waals surface area contributed by atoms with Crippen LogP contribution in [0.25, 0.3) is 0 Å². The number of hydrogen-bond donors (Lipinski definition) is 2. The number of nitrogens with two attached hydrogens (primary N) is 2. The van der Waals surface area contributed by atoms with Gasteiger partial charge in [-0.25, -0.2) is 0 Å². The van der Waals surface area contributed by atoms with Crippen molar-refractivity contribution < 1.29 is 4.74 Å². The summed E-state index contributed by atoms with van der Waals surface area (Å²) in [6.45, 7) is 2.42. The number of rotatable bonds is 3. The molecule has 1 aromatic carbocycles. The van der Waals surface area contributed by atoms with E-state index in [9.17, 15) is 0 Å². The van der Waals surface area contributed by atoms with Gasteiger partial charge in [0.2, 0.25) is 0 Å². The Morgan fingerprint density at radius 3 is 2.62 bits per heavy atom. The molecule has 3 nitrogen and oxygen atoms in total. The summed E-state index contributed by atoms with van der Waals surface area (Å²) in [4.78, 5) is 0. The van der Waals surface area contributed by atoms with E-state index in [-0.39, 0.29) is 6.04 Å². The molecule has 0 aliphatic carbocycles. The predicted octanol–water partition coefficient (Wildman–Crippen LogP) is 1.17. The zero-order chi connectivity index (χ0) is 9.84. The molecule has 1 unspecified atom stereocenters. The summed E-state index contributed by atoms with van der Waals surface area (Å²) in [5.41, 5.74) is 13.4. The molecule has 3 heteroatoms. The molecule has 0 spiro atoms. The van der Waals surface area contributed by atoms with Gasteiger partial charge in [0.25, 0.3) is 0 Å². The second-order valence-electron chi connectivity index (χ2n) is 3.06. The molecule has 1 rings (SSSR count). The zero-order valence-electron chi connectivity index (χ0n) is 8.08. The third kappa shape index (κ3) is 2.20. The highest BCUT2D eigenvalue weighted by atomic mass is 16.5. The maximum Gasteiger partial charge on any atom is 0.123 e. The van der Waals surface area contributed by atoms with Crippen LogP contribution in [0.1, 0.15) is 24.1 Å². The first kappa shape index (κ1) is 10.0. The second kappa shape index (κ2) is 4.25. The summed E-state index contributed by atoms with van der Waals surface area (Å²) >= 11 is 0. The lowest BCUT2D eigenvalue weighted by atomic mass is 10.1. The number of benzene rings is 1. The van der Waals surface area contributed by atoms with Crippen LogP contribution in [0.2, 0.25) is 0 Å². The molecule has 72 valence electrons. The van der Waals surface area contributed by atoms with Crippen molar-refractivity contribution in [2.75, 3.05) is 7.11 Å². The summed E-state index contributed by atoms with van der Waals surface area (Å²) in [6, 6.07) is 5.89. The van der Waals surface area contributed by atoms with E-state index < -0.39 is 0 Å². The van der Waals surface area contributed by atoms with Crippen LogP contribution >= 0.6 is 0 Å². The van der Waals surface area contributed by atoms with E-state index in [0.717, 1.165) is 16.9 Å². The largest absolute Gasteiger partial charge is 0.496 e. The first-order valence-corrected chi connectivity index (χ1v) is 4.31. The van der Waals surface area contributed by atoms with E-state index in [1.54, 1.807) is 7.11 Å². The van der Waals surface area contributed by atoms with Gasteiger partial charge in [-0.2, -0.15) is 0 Å². The van der Waals surface area contributed by atoms with Gasteiger partial charge in [0.05, 0.1) is 7.11 Å². The smallest absolute Gasteiger partial charge is 0.123 e. The first-order valence-electron chi connectivity index (χ1n) is 4.31. The Hall–Kier alpha value is -1.06. The van der Waals surface area contributed by atoms with Crippen molar-refractivity contribution in [2.45, 2.75) is 19.5 Å². The third-order valence-electron chi connectivity index (χ3n) is 2.05. The van der Waals surface area contributed by atoms with Crippen molar-refractivity contribution in [1.29, 1.82) is 0 Å². The maximum absolute atomic E-state index is 5.75. The van der Waals surface area contributed by atoms with Crippen LogP contribution in [0.15, 0.2) is 18.2 Å². The molecule has 0 amide bonds. The van der Waals surface area contributed by atoms with Crippen LogP contribution in [0, 0.1) is 0 Å². The Bertz CT molecular complexity index is 284. The molecule has 0 radical (unpaired) electrons. The minimum Gasteiger partial charge on any atom is -0.496 e. The minimum atomic E-state index is 0.0382. The number of methoxy groups -OCH3 is 1. The molecule has 0 aliphatic heterocycles. The normalized spacial score (nSPS) is 12.6. The van der Waals surface area contributed by atoms with Crippen molar-refractivity contribution in [3.05, 3.63) is 29.3 Å². The highest BCUT2D eigenvalue weighted by Gasteiger charge is 2.04. The van der Waals surface area contributed by atoms with E-state index >= 15 is 0 Å². The lowest BCUT2D eigenvalue weighted by molar-refractivity contribution is 0.409. The van der Waals surface area contributed by atoms with Gasteiger partial charge in [0.15, 0.2) is 0 Å². The summed E-state index contributed by atoms with van der Waals surface area (Å²) in [6.07, 6.45) is 0. The molecule has 0 fully saturated rings. The van der Waals surface area contributed by atoms with Crippen LogP contribution in [0.5, 0.6) is 5.75 Å². The summed E-state index contributed by atoms with van der Waals surface area (Å²) in [5.74, 6) is 0.826. The quantitative estimate of drug-likeness (QED) is 0.734. The summed E-state index contributed by atoms with van der Waals surface area (Å²) in [5, 5.41) is 0. The Morgan fingerprint density at radius 1 is 1.46 bits per heavy atom. The van der Waals surface area contributed by atoms with Crippen LogP contribution in [0.4, 0.5) is 0 Å². The van der Waals surface area contributed by atoms with Gasteiger partial charge < -0.3 is 16.2 Å². The molecule has 0 bridgehead atoms. The fourth-order valence-electron chi connectivity index (χ4n) is 1.24.